The number of nitrogens with one attached hydrogen (secondary N) is 1. The van der Waals surface area contributed by atoms with E-state index < -0.39 is 0 Å². The largest absolute Gasteiger partial charge is 0.394 e. The van der Waals surface area contributed by atoms with E-state index in [2.05, 4.69) is 15.3 Å². The number of nitrogens with zero attached hydrogens (tertiary/aromatic N) is 2. The summed E-state index contributed by atoms with van der Waals surface area (Å²) in [6.45, 7) is 4.99. The standard InChI is InChI=1S/C10H17N3OS/c1-3-13-10(2,7-14)8-15-9-6-11-4-5-12-9/h4-6,13-14H,3,7-8H2,1-2H3. The maximum atomic E-state index is 9.28. The van der Waals surface area contributed by atoms with Crippen LogP contribution in [0.15, 0.2) is 23.6 Å². The Morgan fingerprint density at radius 1 is 1.53 bits per heavy atom. The number of likely N-dealkylation sites (N-methyl/N-ethyl adjacent to an activating group) is 1. The Labute approximate surface area is 94.5 Å². The molecule has 1 heterocycles. The van der Waals surface area contributed by atoms with Crippen LogP contribution in [0.3, 0.4) is 0 Å². The first kappa shape index (κ1) is 12.4. The monoisotopic (exact) mass is 227 g/mol. The lowest BCUT2D eigenvalue weighted by molar-refractivity contribution is 0.194. The fourth-order valence-corrected chi connectivity index (χ4v) is 2.10. The quantitative estimate of drug-likeness (QED) is 0.708. The van der Waals surface area contributed by atoms with Crippen molar-refractivity contribution in [2.45, 2.75) is 24.4 Å². The first-order chi connectivity index (χ1) is 7.20. The summed E-state index contributed by atoms with van der Waals surface area (Å²) in [5.41, 5.74) is -0.253. The van der Waals surface area contributed by atoms with Gasteiger partial charge in [0.2, 0.25) is 0 Å². The topological polar surface area (TPSA) is 58.0 Å². The fraction of sp³-hybridized carbons (Fsp3) is 0.600. The van der Waals surface area contributed by atoms with Gasteiger partial charge in [-0.15, -0.1) is 11.8 Å². The van der Waals surface area contributed by atoms with Gasteiger partial charge in [0, 0.05) is 23.7 Å². The third kappa shape index (κ3) is 4.15. The second-order valence-electron chi connectivity index (χ2n) is 3.58. The van der Waals surface area contributed by atoms with E-state index in [1.54, 1.807) is 30.4 Å². The van der Waals surface area contributed by atoms with Crippen LogP contribution in [0.4, 0.5) is 0 Å². The molecule has 4 nitrogen and oxygen atoms in total. The number of hydrogen-bond donors (Lipinski definition) is 2. The van der Waals surface area contributed by atoms with Gasteiger partial charge >= 0.3 is 0 Å². The Hall–Kier alpha value is -0.650. The van der Waals surface area contributed by atoms with Crippen LogP contribution < -0.4 is 5.32 Å². The van der Waals surface area contributed by atoms with Crippen molar-refractivity contribution in [2.75, 3.05) is 18.9 Å². The first-order valence-electron chi connectivity index (χ1n) is 4.95. The van der Waals surface area contributed by atoms with Crippen molar-refractivity contribution in [2.24, 2.45) is 0 Å². The molecule has 0 saturated carbocycles. The van der Waals surface area contributed by atoms with Crippen molar-refractivity contribution in [3.05, 3.63) is 18.6 Å². The molecule has 0 amide bonds. The summed E-state index contributed by atoms with van der Waals surface area (Å²) >= 11 is 1.60. The van der Waals surface area contributed by atoms with E-state index in [9.17, 15) is 5.11 Å². The normalized spacial score (nSPS) is 14.9. The molecule has 0 fully saturated rings. The van der Waals surface area contributed by atoms with Gasteiger partial charge in [0.05, 0.1) is 12.8 Å². The molecule has 84 valence electrons. The van der Waals surface area contributed by atoms with Crippen molar-refractivity contribution in [3.63, 3.8) is 0 Å². The average Bonchev–Trinajstić information content (AvgIpc) is 2.28. The van der Waals surface area contributed by atoms with Crippen LogP contribution in [0, 0.1) is 0 Å². The minimum atomic E-state index is -0.253. The van der Waals surface area contributed by atoms with Crippen LogP contribution in [-0.2, 0) is 0 Å². The van der Waals surface area contributed by atoms with Gasteiger partial charge in [0.15, 0.2) is 0 Å². The molecule has 0 bridgehead atoms. The van der Waals surface area contributed by atoms with E-state index in [0.717, 1.165) is 17.3 Å². The third-order valence-electron chi connectivity index (χ3n) is 2.03. The molecule has 1 rings (SSSR count). The number of aliphatic hydroxyl groups excluding tert-OH is 1. The van der Waals surface area contributed by atoms with Gasteiger partial charge in [-0.05, 0) is 13.5 Å². The van der Waals surface area contributed by atoms with Crippen molar-refractivity contribution in [1.29, 1.82) is 0 Å². The molecule has 2 N–H and O–H groups in total. The average molecular weight is 227 g/mol. The molecule has 1 aromatic heterocycles. The predicted molar refractivity (Wildman–Crippen MR) is 61.9 cm³/mol. The lowest BCUT2D eigenvalue weighted by Gasteiger charge is -2.27. The molecular weight excluding hydrogens is 210 g/mol. The number of rotatable bonds is 6. The maximum absolute atomic E-state index is 9.28. The molecule has 1 atom stereocenters. The van der Waals surface area contributed by atoms with E-state index in [-0.39, 0.29) is 12.1 Å². The highest BCUT2D eigenvalue weighted by molar-refractivity contribution is 7.99. The van der Waals surface area contributed by atoms with Crippen molar-refractivity contribution >= 4 is 11.8 Å². The lowest BCUT2D eigenvalue weighted by atomic mass is 10.1. The highest BCUT2D eigenvalue weighted by Gasteiger charge is 2.22. The molecule has 1 unspecified atom stereocenters. The molecule has 0 aromatic carbocycles. The van der Waals surface area contributed by atoms with Gasteiger partial charge in [0.1, 0.15) is 5.03 Å². The van der Waals surface area contributed by atoms with E-state index >= 15 is 0 Å². The highest BCUT2D eigenvalue weighted by Crippen LogP contribution is 2.19. The molecular formula is C10H17N3OS. The molecule has 0 saturated heterocycles. The second-order valence-corrected chi connectivity index (χ2v) is 4.58. The molecule has 0 radical (unpaired) electrons. The molecule has 0 aliphatic heterocycles. The molecule has 1 aromatic rings. The Balaban J connectivity index is 2.47. The summed E-state index contributed by atoms with van der Waals surface area (Å²) in [7, 11) is 0. The second kappa shape index (κ2) is 6.05. The molecule has 15 heavy (non-hydrogen) atoms. The van der Waals surface area contributed by atoms with E-state index in [1.165, 1.54) is 0 Å². The van der Waals surface area contributed by atoms with Crippen LogP contribution in [-0.4, -0.2) is 39.5 Å². The van der Waals surface area contributed by atoms with Gasteiger partial charge < -0.3 is 10.4 Å². The molecule has 0 aliphatic rings. The zero-order valence-corrected chi connectivity index (χ0v) is 9.92. The summed E-state index contributed by atoms with van der Waals surface area (Å²) < 4.78 is 0. The SMILES string of the molecule is CCNC(C)(CO)CSc1cnccn1. The molecule has 0 spiro atoms. The number of hydrogen-bond acceptors (Lipinski definition) is 5. The van der Waals surface area contributed by atoms with Crippen molar-refractivity contribution in [3.8, 4) is 0 Å². The number of aliphatic hydroxyl groups is 1. The zero-order valence-electron chi connectivity index (χ0n) is 9.10. The highest BCUT2D eigenvalue weighted by atomic mass is 32.2. The lowest BCUT2D eigenvalue weighted by Crippen LogP contribution is -2.47. The van der Waals surface area contributed by atoms with Crippen LogP contribution in [0.2, 0.25) is 0 Å². The molecule has 0 aliphatic carbocycles. The third-order valence-corrected chi connectivity index (χ3v) is 3.32. The smallest absolute Gasteiger partial charge is 0.114 e. The summed E-state index contributed by atoms with van der Waals surface area (Å²) in [5.74, 6) is 0.774. The summed E-state index contributed by atoms with van der Waals surface area (Å²) in [5, 5.41) is 13.4. The van der Waals surface area contributed by atoms with Crippen LogP contribution in [0.1, 0.15) is 13.8 Å². The van der Waals surface area contributed by atoms with Gasteiger partial charge in [-0.25, -0.2) is 4.98 Å². The van der Waals surface area contributed by atoms with Gasteiger partial charge in [-0.2, -0.15) is 0 Å². The fourth-order valence-electron chi connectivity index (χ4n) is 1.17. The zero-order chi connectivity index (χ0) is 11.1. The van der Waals surface area contributed by atoms with Gasteiger partial charge in [-0.1, -0.05) is 6.92 Å². The van der Waals surface area contributed by atoms with Crippen molar-refractivity contribution in [1.82, 2.24) is 15.3 Å². The Morgan fingerprint density at radius 2 is 2.33 bits per heavy atom. The Bertz CT molecular complexity index is 283. The summed E-state index contributed by atoms with van der Waals surface area (Å²) in [6, 6.07) is 0. The van der Waals surface area contributed by atoms with Crippen LogP contribution in [0.25, 0.3) is 0 Å². The van der Waals surface area contributed by atoms with E-state index in [1.807, 2.05) is 13.8 Å². The maximum Gasteiger partial charge on any atom is 0.114 e. The van der Waals surface area contributed by atoms with Crippen LogP contribution in [0.5, 0.6) is 0 Å². The summed E-state index contributed by atoms with van der Waals surface area (Å²) in [4.78, 5) is 8.16. The van der Waals surface area contributed by atoms with Gasteiger partial charge in [-0.3, -0.25) is 4.98 Å². The predicted octanol–water partition coefficient (Wildman–Crippen LogP) is 0.929. The van der Waals surface area contributed by atoms with E-state index in [0.29, 0.717) is 0 Å². The minimum absolute atomic E-state index is 0.119. The van der Waals surface area contributed by atoms with E-state index in [4.69, 9.17) is 0 Å². The Kier molecular flexibility index (Phi) is 5.01. The Morgan fingerprint density at radius 3 is 2.87 bits per heavy atom. The summed E-state index contributed by atoms with van der Waals surface area (Å²) in [6.07, 6.45) is 5.06. The van der Waals surface area contributed by atoms with Gasteiger partial charge in [0.25, 0.3) is 0 Å². The van der Waals surface area contributed by atoms with Crippen LogP contribution >= 0.6 is 11.8 Å². The first-order valence-corrected chi connectivity index (χ1v) is 5.93. The number of thioether (sulfide) groups is 1. The number of aromatic nitrogens is 2. The minimum Gasteiger partial charge on any atom is -0.394 e. The van der Waals surface area contributed by atoms with Crippen molar-refractivity contribution < 1.29 is 5.11 Å². The molecule has 5 heteroatoms.